The van der Waals surface area contributed by atoms with Crippen LogP contribution in [0.2, 0.25) is 0 Å². The number of fused-ring (bicyclic) bond motifs is 1. The Morgan fingerprint density at radius 2 is 2.25 bits per heavy atom. The van der Waals surface area contributed by atoms with E-state index in [2.05, 4.69) is 10.1 Å². The Balaban J connectivity index is 2.04. The molecule has 0 radical (unpaired) electrons. The molecule has 6 heteroatoms. The fourth-order valence-electron chi connectivity index (χ4n) is 2.48. The topological polar surface area (TPSA) is 77.2 Å². The Morgan fingerprint density at radius 3 is 3.00 bits per heavy atom. The van der Waals surface area contributed by atoms with E-state index in [9.17, 15) is 9.90 Å². The first-order valence-corrected chi connectivity index (χ1v) is 6.52. The molecule has 1 aromatic heterocycles. The average molecular weight is 273 g/mol. The van der Waals surface area contributed by atoms with Crippen LogP contribution in [-0.4, -0.2) is 33.0 Å². The number of esters is 1. The molecule has 1 aliphatic rings. The molecule has 1 aliphatic heterocycles. The summed E-state index contributed by atoms with van der Waals surface area (Å²) in [6, 6.07) is 6.48. The van der Waals surface area contributed by atoms with Gasteiger partial charge in [-0.2, -0.15) is 0 Å². The van der Waals surface area contributed by atoms with Crippen LogP contribution < -0.4 is 0 Å². The lowest BCUT2D eigenvalue weighted by Gasteiger charge is -2.20. The maximum atomic E-state index is 11.8. The molecule has 1 N–H and O–H groups in total. The standard InChI is InChI=1S/C14H15N3O3/c1-20-14(19)10-6-4-8-12-15-13(16-17(10)12)9-5-2-3-7-11(9)18/h2-3,5,7,10,18H,4,6,8H2,1H3. The molecule has 0 spiro atoms. The Hall–Kier alpha value is -2.37. The van der Waals surface area contributed by atoms with Crippen LogP contribution in [0.15, 0.2) is 24.3 Å². The fraction of sp³-hybridized carbons (Fsp3) is 0.357. The van der Waals surface area contributed by atoms with Gasteiger partial charge in [0.1, 0.15) is 11.6 Å². The van der Waals surface area contributed by atoms with Gasteiger partial charge in [-0.1, -0.05) is 12.1 Å². The van der Waals surface area contributed by atoms with Crippen molar-refractivity contribution in [2.45, 2.75) is 25.3 Å². The van der Waals surface area contributed by atoms with E-state index in [1.807, 2.05) is 6.07 Å². The molecular formula is C14H15N3O3. The van der Waals surface area contributed by atoms with Crippen LogP contribution in [0.25, 0.3) is 11.4 Å². The minimum atomic E-state index is -0.421. The molecule has 0 saturated heterocycles. The van der Waals surface area contributed by atoms with Crippen LogP contribution >= 0.6 is 0 Å². The number of phenolic OH excluding ortho intramolecular Hbond substituents is 1. The van der Waals surface area contributed by atoms with Crippen molar-refractivity contribution in [3.8, 4) is 17.1 Å². The van der Waals surface area contributed by atoms with Gasteiger partial charge in [-0.25, -0.2) is 14.5 Å². The number of phenols is 1. The van der Waals surface area contributed by atoms with Crippen molar-refractivity contribution in [2.24, 2.45) is 0 Å². The smallest absolute Gasteiger partial charge is 0.330 e. The summed E-state index contributed by atoms with van der Waals surface area (Å²) in [6.07, 6.45) is 2.34. The van der Waals surface area contributed by atoms with E-state index in [1.54, 1.807) is 22.9 Å². The summed E-state index contributed by atoms with van der Waals surface area (Å²) < 4.78 is 6.43. The molecule has 20 heavy (non-hydrogen) atoms. The van der Waals surface area contributed by atoms with Crippen molar-refractivity contribution in [3.63, 3.8) is 0 Å². The first-order valence-electron chi connectivity index (χ1n) is 6.52. The van der Waals surface area contributed by atoms with Crippen molar-refractivity contribution < 1.29 is 14.6 Å². The number of ether oxygens (including phenoxy) is 1. The molecule has 1 atom stereocenters. The number of methoxy groups -OCH3 is 1. The normalized spacial score (nSPS) is 17.6. The van der Waals surface area contributed by atoms with E-state index in [-0.39, 0.29) is 11.7 Å². The summed E-state index contributed by atoms with van der Waals surface area (Å²) in [5, 5.41) is 14.2. The second-order valence-electron chi connectivity index (χ2n) is 4.74. The number of hydrogen-bond donors (Lipinski definition) is 1. The average Bonchev–Trinajstić information content (AvgIpc) is 2.90. The molecule has 0 fully saturated rings. The molecular weight excluding hydrogens is 258 g/mol. The molecule has 2 aromatic rings. The number of carbonyl (C=O) groups excluding carboxylic acids is 1. The highest BCUT2D eigenvalue weighted by Crippen LogP contribution is 2.30. The minimum absolute atomic E-state index is 0.130. The van der Waals surface area contributed by atoms with Gasteiger partial charge in [-0.15, -0.1) is 5.10 Å². The number of carbonyl (C=O) groups is 1. The van der Waals surface area contributed by atoms with E-state index in [0.29, 0.717) is 17.8 Å². The molecule has 2 heterocycles. The van der Waals surface area contributed by atoms with E-state index in [0.717, 1.165) is 18.7 Å². The molecule has 104 valence electrons. The summed E-state index contributed by atoms with van der Waals surface area (Å²) in [7, 11) is 1.37. The van der Waals surface area contributed by atoms with Crippen LogP contribution in [0.4, 0.5) is 0 Å². The zero-order chi connectivity index (χ0) is 14.1. The zero-order valence-corrected chi connectivity index (χ0v) is 11.1. The first-order chi connectivity index (χ1) is 9.70. The van der Waals surface area contributed by atoms with Gasteiger partial charge in [0, 0.05) is 6.42 Å². The highest BCUT2D eigenvalue weighted by Gasteiger charge is 2.30. The SMILES string of the molecule is COC(=O)C1CCCc2nc(-c3ccccc3O)nn21. The van der Waals surface area contributed by atoms with Crippen molar-refractivity contribution in [3.05, 3.63) is 30.1 Å². The van der Waals surface area contributed by atoms with E-state index < -0.39 is 6.04 Å². The third kappa shape index (κ3) is 2.03. The number of aromatic hydroxyl groups is 1. The Morgan fingerprint density at radius 1 is 1.45 bits per heavy atom. The Kier molecular flexibility index (Phi) is 3.14. The monoisotopic (exact) mass is 273 g/mol. The largest absolute Gasteiger partial charge is 0.507 e. The van der Waals surface area contributed by atoms with Gasteiger partial charge >= 0.3 is 5.97 Å². The van der Waals surface area contributed by atoms with Gasteiger partial charge in [0.2, 0.25) is 0 Å². The van der Waals surface area contributed by atoms with Gasteiger partial charge < -0.3 is 9.84 Å². The predicted octanol–water partition coefficient (Wildman–Crippen LogP) is 1.70. The second kappa shape index (κ2) is 4.96. The van der Waals surface area contributed by atoms with Crippen molar-refractivity contribution in [1.82, 2.24) is 14.8 Å². The van der Waals surface area contributed by atoms with Crippen LogP contribution in [0.1, 0.15) is 24.7 Å². The third-order valence-corrected chi connectivity index (χ3v) is 3.49. The maximum Gasteiger partial charge on any atom is 0.330 e. The van der Waals surface area contributed by atoms with Gasteiger partial charge in [0.05, 0.1) is 12.7 Å². The van der Waals surface area contributed by atoms with Crippen LogP contribution in [0.3, 0.4) is 0 Å². The highest BCUT2D eigenvalue weighted by molar-refractivity contribution is 5.74. The molecule has 1 aromatic carbocycles. The summed E-state index contributed by atoms with van der Waals surface area (Å²) in [5.41, 5.74) is 0.568. The maximum absolute atomic E-state index is 11.8. The van der Waals surface area contributed by atoms with E-state index >= 15 is 0 Å². The van der Waals surface area contributed by atoms with E-state index in [4.69, 9.17) is 4.74 Å². The molecule has 0 bridgehead atoms. The van der Waals surface area contributed by atoms with Crippen molar-refractivity contribution in [1.29, 1.82) is 0 Å². The minimum Gasteiger partial charge on any atom is -0.507 e. The van der Waals surface area contributed by atoms with E-state index in [1.165, 1.54) is 7.11 Å². The lowest BCUT2D eigenvalue weighted by molar-refractivity contribution is -0.145. The number of aryl methyl sites for hydroxylation is 1. The van der Waals surface area contributed by atoms with Crippen LogP contribution in [0.5, 0.6) is 5.75 Å². The molecule has 0 amide bonds. The first kappa shape index (κ1) is 12.7. The number of aromatic nitrogens is 3. The second-order valence-corrected chi connectivity index (χ2v) is 4.74. The van der Waals surface area contributed by atoms with Crippen molar-refractivity contribution in [2.75, 3.05) is 7.11 Å². The number of benzene rings is 1. The number of rotatable bonds is 2. The summed E-state index contributed by atoms with van der Waals surface area (Å²) in [6.45, 7) is 0. The fourth-order valence-corrected chi connectivity index (χ4v) is 2.48. The molecule has 3 rings (SSSR count). The lowest BCUT2D eigenvalue weighted by atomic mass is 10.1. The molecule has 1 unspecified atom stereocenters. The number of para-hydroxylation sites is 1. The zero-order valence-electron chi connectivity index (χ0n) is 11.1. The summed E-state index contributed by atoms with van der Waals surface area (Å²) in [4.78, 5) is 16.2. The summed E-state index contributed by atoms with van der Waals surface area (Å²) in [5.74, 6) is 1.02. The van der Waals surface area contributed by atoms with Crippen molar-refractivity contribution >= 4 is 5.97 Å². The Labute approximate surface area is 116 Å². The van der Waals surface area contributed by atoms with Crippen LogP contribution in [0, 0.1) is 0 Å². The third-order valence-electron chi connectivity index (χ3n) is 3.49. The number of nitrogens with zero attached hydrogens (tertiary/aromatic N) is 3. The van der Waals surface area contributed by atoms with Gasteiger partial charge in [0.15, 0.2) is 11.9 Å². The molecule has 0 saturated carbocycles. The van der Waals surface area contributed by atoms with Gasteiger partial charge in [-0.3, -0.25) is 0 Å². The Bertz CT molecular complexity index is 651. The van der Waals surface area contributed by atoms with Crippen LogP contribution in [-0.2, 0) is 16.0 Å². The quantitative estimate of drug-likeness (QED) is 0.843. The number of hydrogen-bond acceptors (Lipinski definition) is 5. The summed E-state index contributed by atoms with van der Waals surface area (Å²) >= 11 is 0. The van der Waals surface area contributed by atoms with Gasteiger partial charge in [0.25, 0.3) is 0 Å². The highest BCUT2D eigenvalue weighted by atomic mass is 16.5. The lowest BCUT2D eigenvalue weighted by Crippen LogP contribution is -2.27. The molecule has 0 aliphatic carbocycles. The van der Waals surface area contributed by atoms with Gasteiger partial charge in [-0.05, 0) is 25.0 Å². The predicted molar refractivity (Wildman–Crippen MR) is 71.1 cm³/mol. The molecule has 6 nitrogen and oxygen atoms in total.